The van der Waals surface area contributed by atoms with Gasteiger partial charge in [0.2, 0.25) is 0 Å². The average Bonchev–Trinajstić information content (AvgIpc) is 2.91. The summed E-state index contributed by atoms with van der Waals surface area (Å²) in [5.41, 5.74) is 6.83. The first-order valence-corrected chi connectivity index (χ1v) is 12.7. The Morgan fingerprint density at radius 3 is 2.31 bits per heavy atom. The van der Waals surface area contributed by atoms with Crippen molar-refractivity contribution >= 4 is 22.4 Å². The fourth-order valence-corrected chi connectivity index (χ4v) is 5.64. The van der Waals surface area contributed by atoms with Crippen LogP contribution in [0.2, 0.25) is 0 Å². The first kappa shape index (κ1) is 21.9. The van der Waals surface area contributed by atoms with Gasteiger partial charge in [-0.25, -0.2) is 0 Å². The van der Waals surface area contributed by atoms with E-state index in [1.165, 1.54) is 33.2 Å². The predicted molar refractivity (Wildman–Crippen MR) is 145 cm³/mol. The first-order valence-electron chi connectivity index (χ1n) is 12.7. The number of hydrogen-bond donors (Lipinski definition) is 1. The van der Waals surface area contributed by atoms with E-state index in [2.05, 4.69) is 88.8 Å². The van der Waals surface area contributed by atoms with Gasteiger partial charge in [0, 0.05) is 61.0 Å². The molecule has 0 spiro atoms. The van der Waals surface area contributed by atoms with Crippen LogP contribution in [0.4, 0.5) is 5.69 Å². The lowest BCUT2D eigenvalue weighted by atomic mass is 9.78. The van der Waals surface area contributed by atoms with Crippen LogP contribution >= 0.6 is 0 Å². The summed E-state index contributed by atoms with van der Waals surface area (Å²) in [6.07, 6.45) is 0.918. The molecule has 1 fully saturated rings. The van der Waals surface area contributed by atoms with Crippen LogP contribution in [0.1, 0.15) is 23.7 Å². The molecule has 1 atom stereocenters. The van der Waals surface area contributed by atoms with Crippen molar-refractivity contribution in [1.82, 2.24) is 10.2 Å². The standard InChI is InChI=1S/C31H31N3O/c1-2-23(32-31(35)28-15-8-14-27-25-12-5-6-13-26(25)30(27)28)21-33-17-19-34(20-18-33)29-16-7-10-22-9-3-4-11-24(22)29/h3-16,23H,2,17-21H2,1H3,(H,32,35). The maximum Gasteiger partial charge on any atom is 0.252 e. The number of benzene rings is 4. The van der Waals surface area contributed by atoms with Gasteiger partial charge in [-0.1, -0.05) is 79.7 Å². The van der Waals surface area contributed by atoms with Crippen molar-refractivity contribution in [3.05, 3.63) is 90.5 Å². The third-order valence-electron chi connectivity index (χ3n) is 7.58. The number of anilines is 1. The molecule has 0 radical (unpaired) electrons. The van der Waals surface area contributed by atoms with Crippen LogP contribution in [0, 0.1) is 0 Å². The lowest BCUT2D eigenvalue weighted by Crippen LogP contribution is -2.51. The zero-order chi connectivity index (χ0) is 23.8. The Hall–Kier alpha value is -3.63. The van der Waals surface area contributed by atoms with Gasteiger partial charge in [-0.3, -0.25) is 9.69 Å². The number of hydrogen-bond acceptors (Lipinski definition) is 3. The lowest BCUT2D eigenvalue weighted by Gasteiger charge is -2.38. The van der Waals surface area contributed by atoms with E-state index in [1.54, 1.807) is 0 Å². The summed E-state index contributed by atoms with van der Waals surface area (Å²) in [6.45, 7) is 7.06. The monoisotopic (exact) mass is 461 g/mol. The quantitative estimate of drug-likeness (QED) is 0.346. The van der Waals surface area contributed by atoms with E-state index < -0.39 is 0 Å². The fourth-order valence-electron chi connectivity index (χ4n) is 5.64. The second-order valence-corrected chi connectivity index (χ2v) is 9.64. The SMILES string of the molecule is CCC(CN1CCN(c2cccc3ccccc23)CC1)NC(=O)c1cccc2c1-c1ccccc1-2. The minimum absolute atomic E-state index is 0.0394. The summed E-state index contributed by atoms with van der Waals surface area (Å²) < 4.78 is 0. The Balaban J connectivity index is 1.10. The number of carbonyl (C=O) groups excluding carboxylic acids is 1. The number of nitrogens with one attached hydrogen (secondary N) is 1. The molecule has 35 heavy (non-hydrogen) atoms. The van der Waals surface area contributed by atoms with Gasteiger partial charge in [-0.2, -0.15) is 0 Å². The highest BCUT2D eigenvalue weighted by atomic mass is 16.1. The summed E-state index contributed by atoms with van der Waals surface area (Å²) in [5, 5.41) is 5.95. The minimum atomic E-state index is 0.0394. The van der Waals surface area contributed by atoms with Crippen molar-refractivity contribution < 1.29 is 4.79 Å². The topological polar surface area (TPSA) is 35.6 Å². The van der Waals surface area contributed by atoms with Crippen molar-refractivity contribution in [2.45, 2.75) is 19.4 Å². The Labute approximate surface area is 207 Å². The van der Waals surface area contributed by atoms with Crippen LogP contribution in [-0.2, 0) is 0 Å². The van der Waals surface area contributed by atoms with Crippen molar-refractivity contribution in [2.75, 3.05) is 37.6 Å². The van der Waals surface area contributed by atoms with E-state index in [0.717, 1.165) is 50.3 Å². The summed E-state index contributed by atoms with van der Waals surface area (Å²) in [4.78, 5) is 18.3. The number of nitrogens with zero attached hydrogens (tertiary/aromatic N) is 2. The van der Waals surface area contributed by atoms with E-state index in [4.69, 9.17) is 0 Å². The Morgan fingerprint density at radius 2 is 1.49 bits per heavy atom. The van der Waals surface area contributed by atoms with Gasteiger partial charge in [-0.05, 0) is 40.6 Å². The molecule has 1 heterocycles. The summed E-state index contributed by atoms with van der Waals surface area (Å²) >= 11 is 0. The molecule has 1 aliphatic carbocycles. The maximum absolute atomic E-state index is 13.3. The molecule has 4 aromatic carbocycles. The molecule has 0 aromatic heterocycles. The highest BCUT2D eigenvalue weighted by Crippen LogP contribution is 2.48. The van der Waals surface area contributed by atoms with Gasteiger partial charge in [0.1, 0.15) is 0 Å². The van der Waals surface area contributed by atoms with E-state index in [-0.39, 0.29) is 11.9 Å². The third-order valence-corrected chi connectivity index (χ3v) is 7.58. The van der Waals surface area contributed by atoms with Crippen LogP contribution in [0.25, 0.3) is 33.0 Å². The second-order valence-electron chi connectivity index (χ2n) is 9.64. The fraction of sp³-hybridized carbons (Fsp3) is 0.258. The molecule has 4 heteroatoms. The Kier molecular flexibility index (Phi) is 5.75. The normalized spacial score (nSPS) is 15.7. The Bertz CT molecular complexity index is 1380. The molecule has 6 rings (SSSR count). The van der Waals surface area contributed by atoms with E-state index in [0.29, 0.717) is 0 Å². The molecule has 4 aromatic rings. The van der Waals surface area contributed by atoms with Gasteiger partial charge in [0.15, 0.2) is 0 Å². The van der Waals surface area contributed by atoms with Crippen LogP contribution in [0.5, 0.6) is 0 Å². The number of piperazine rings is 1. The van der Waals surface area contributed by atoms with Crippen LogP contribution in [-0.4, -0.2) is 49.6 Å². The average molecular weight is 462 g/mol. The molecule has 0 bridgehead atoms. The van der Waals surface area contributed by atoms with Crippen LogP contribution in [0.15, 0.2) is 84.9 Å². The van der Waals surface area contributed by atoms with E-state index >= 15 is 0 Å². The third kappa shape index (κ3) is 3.98. The summed E-state index contributed by atoms with van der Waals surface area (Å²) in [6, 6.07) is 29.7. The molecule has 2 aliphatic rings. The molecule has 0 saturated carbocycles. The van der Waals surface area contributed by atoms with Crippen molar-refractivity contribution in [1.29, 1.82) is 0 Å². The highest BCUT2D eigenvalue weighted by Gasteiger charge is 2.28. The van der Waals surface area contributed by atoms with Gasteiger partial charge in [0.25, 0.3) is 5.91 Å². The largest absolute Gasteiger partial charge is 0.368 e. The molecule has 1 amide bonds. The molecule has 1 aliphatic heterocycles. The molecular formula is C31H31N3O. The van der Waals surface area contributed by atoms with Gasteiger partial charge in [-0.15, -0.1) is 0 Å². The first-order chi connectivity index (χ1) is 17.2. The molecular weight excluding hydrogens is 430 g/mol. The second kappa shape index (κ2) is 9.20. The molecule has 176 valence electrons. The lowest BCUT2D eigenvalue weighted by molar-refractivity contribution is 0.0922. The van der Waals surface area contributed by atoms with E-state index in [9.17, 15) is 4.79 Å². The zero-order valence-corrected chi connectivity index (χ0v) is 20.2. The highest BCUT2D eigenvalue weighted by molar-refractivity contribution is 6.12. The Morgan fingerprint density at radius 1 is 0.800 bits per heavy atom. The van der Waals surface area contributed by atoms with Crippen LogP contribution in [0.3, 0.4) is 0 Å². The van der Waals surface area contributed by atoms with Crippen molar-refractivity contribution in [2.24, 2.45) is 0 Å². The van der Waals surface area contributed by atoms with Gasteiger partial charge >= 0.3 is 0 Å². The number of amides is 1. The number of rotatable bonds is 6. The van der Waals surface area contributed by atoms with Gasteiger partial charge < -0.3 is 10.2 Å². The molecule has 1 unspecified atom stereocenters. The van der Waals surface area contributed by atoms with Crippen LogP contribution < -0.4 is 10.2 Å². The van der Waals surface area contributed by atoms with Crippen molar-refractivity contribution in [3.8, 4) is 22.3 Å². The molecule has 1 saturated heterocycles. The zero-order valence-electron chi connectivity index (χ0n) is 20.2. The van der Waals surface area contributed by atoms with Gasteiger partial charge in [0.05, 0.1) is 0 Å². The maximum atomic E-state index is 13.3. The number of fused-ring (bicyclic) bond motifs is 5. The predicted octanol–water partition coefficient (Wildman–Crippen LogP) is 5.82. The van der Waals surface area contributed by atoms with E-state index in [1.807, 2.05) is 18.2 Å². The smallest absolute Gasteiger partial charge is 0.252 e. The summed E-state index contributed by atoms with van der Waals surface area (Å²) in [5.74, 6) is 0.0394. The minimum Gasteiger partial charge on any atom is -0.368 e. The van der Waals surface area contributed by atoms with Crippen molar-refractivity contribution in [3.63, 3.8) is 0 Å². The number of carbonyl (C=O) groups is 1. The molecule has 4 nitrogen and oxygen atoms in total. The molecule has 1 N–H and O–H groups in total. The summed E-state index contributed by atoms with van der Waals surface area (Å²) in [7, 11) is 0.